The van der Waals surface area contributed by atoms with Gasteiger partial charge in [0.2, 0.25) is 5.91 Å². The van der Waals surface area contributed by atoms with Crippen LogP contribution in [0.25, 0.3) is 11.0 Å². The van der Waals surface area contributed by atoms with E-state index in [1.165, 1.54) is 5.56 Å². The molecule has 2 aromatic heterocycles. The summed E-state index contributed by atoms with van der Waals surface area (Å²) in [4.78, 5) is 22.7. The number of imidazole rings is 1. The zero-order valence-corrected chi connectivity index (χ0v) is 15.1. The summed E-state index contributed by atoms with van der Waals surface area (Å²) in [6.07, 6.45) is 6.03. The molecule has 1 saturated heterocycles. The van der Waals surface area contributed by atoms with Crippen molar-refractivity contribution < 1.29 is 4.79 Å². The predicted octanol–water partition coefficient (Wildman–Crippen LogP) is 2.28. The van der Waals surface area contributed by atoms with Crippen LogP contribution in [0.3, 0.4) is 0 Å². The number of benzene rings is 1. The molecule has 0 spiro atoms. The summed E-state index contributed by atoms with van der Waals surface area (Å²) in [6.45, 7) is 1.55. The Hall–Kier alpha value is -2.73. The smallest absolute Gasteiger partial charge is 0.223 e. The van der Waals surface area contributed by atoms with Crippen LogP contribution in [0.15, 0.2) is 49.1 Å². The number of aryl methyl sites for hydroxylation is 1. The van der Waals surface area contributed by atoms with Gasteiger partial charge in [0.15, 0.2) is 0 Å². The van der Waals surface area contributed by atoms with Crippen molar-refractivity contribution in [3.05, 3.63) is 60.2 Å². The molecule has 3 heterocycles. The second-order valence-corrected chi connectivity index (χ2v) is 7.01. The Labute approximate surface area is 152 Å². The van der Waals surface area contributed by atoms with Crippen molar-refractivity contribution in [2.24, 2.45) is 13.0 Å². The number of carbonyl (C=O) groups excluding carboxylic acids is 1. The van der Waals surface area contributed by atoms with Gasteiger partial charge in [0.25, 0.3) is 0 Å². The summed E-state index contributed by atoms with van der Waals surface area (Å²) in [7, 11) is 3.88. The third-order valence-corrected chi connectivity index (χ3v) is 5.25. The number of aromatic nitrogens is 3. The molecule has 0 bridgehead atoms. The fourth-order valence-corrected chi connectivity index (χ4v) is 3.88. The van der Waals surface area contributed by atoms with Gasteiger partial charge < -0.3 is 14.8 Å². The average Bonchev–Trinajstić information content (AvgIpc) is 3.16. The van der Waals surface area contributed by atoms with Crippen LogP contribution in [0.5, 0.6) is 0 Å². The highest BCUT2D eigenvalue weighted by atomic mass is 16.2. The second kappa shape index (κ2) is 6.88. The van der Waals surface area contributed by atoms with Gasteiger partial charge >= 0.3 is 0 Å². The van der Waals surface area contributed by atoms with Crippen molar-refractivity contribution in [2.75, 3.05) is 13.6 Å². The molecule has 0 radical (unpaired) electrons. The number of hydrogen-bond donors (Lipinski definition) is 1. The normalized spacial score (nSPS) is 20.2. The minimum atomic E-state index is 0.0852. The summed E-state index contributed by atoms with van der Waals surface area (Å²) in [5.74, 6) is 0.441. The molecule has 1 amide bonds. The summed E-state index contributed by atoms with van der Waals surface area (Å²) >= 11 is 0. The van der Waals surface area contributed by atoms with E-state index in [1.807, 2.05) is 42.2 Å². The number of amides is 1. The van der Waals surface area contributed by atoms with Crippen LogP contribution in [0, 0.1) is 5.92 Å². The first-order valence-corrected chi connectivity index (χ1v) is 8.90. The van der Waals surface area contributed by atoms with Crippen LogP contribution in [-0.2, 0) is 18.4 Å². The van der Waals surface area contributed by atoms with E-state index in [1.54, 1.807) is 6.20 Å². The maximum Gasteiger partial charge on any atom is 0.223 e. The summed E-state index contributed by atoms with van der Waals surface area (Å²) in [6, 6.07) is 10.4. The zero-order chi connectivity index (χ0) is 18.1. The first-order valence-electron chi connectivity index (χ1n) is 8.90. The van der Waals surface area contributed by atoms with E-state index in [-0.39, 0.29) is 17.9 Å². The van der Waals surface area contributed by atoms with Gasteiger partial charge in [-0.05, 0) is 29.3 Å². The van der Waals surface area contributed by atoms with Crippen molar-refractivity contribution >= 4 is 16.9 Å². The number of rotatable bonds is 5. The van der Waals surface area contributed by atoms with Crippen LogP contribution >= 0.6 is 0 Å². The zero-order valence-electron chi connectivity index (χ0n) is 15.1. The summed E-state index contributed by atoms with van der Waals surface area (Å²) in [5.41, 5.74) is 4.44. The van der Waals surface area contributed by atoms with E-state index in [0.717, 1.165) is 29.7 Å². The van der Waals surface area contributed by atoms with Gasteiger partial charge in [-0.3, -0.25) is 9.78 Å². The van der Waals surface area contributed by atoms with Crippen LogP contribution in [0.1, 0.15) is 23.6 Å². The third-order valence-electron chi connectivity index (χ3n) is 5.25. The van der Waals surface area contributed by atoms with Crippen molar-refractivity contribution in [2.45, 2.75) is 19.0 Å². The Morgan fingerprint density at radius 3 is 2.96 bits per heavy atom. The van der Waals surface area contributed by atoms with Gasteiger partial charge in [-0.15, -0.1) is 0 Å². The first kappa shape index (κ1) is 16.7. The Bertz CT molecular complexity index is 920. The molecule has 1 aliphatic heterocycles. The number of nitrogens with zero attached hydrogens (tertiary/aromatic N) is 4. The summed E-state index contributed by atoms with van der Waals surface area (Å²) in [5, 5.41) is 3.52. The Kier molecular flexibility index (Phi) is 4.42. The van der Waals surface area contributed by atoms with Gasteiger partial charge in [-0.2, -0.15) is 0 Å². The van der Waals surface area contributed by atoms with Crippen LogP contribution in [-0.4, -0.2) is 38.9 Å². The Morgan fingerprint density at radius 1 is 1.27 bits per heavy atom. The molecule has 134 valence electrons. The predicted molar refractivity (Wildman–Crippen MR) is 100 cm³/mol. The lowest BCUT2D eigenvalue weighted by Gasteiger charge is -2.25. The molecule has 6 nitrogen and oxygen atoms in total. The fourth-order valence-electron chi connectivity index (χ4n) is 3.88. The third kappa shape index (κ3) is 3.08. The maximum atomic E-state index is 12.2. The molecule has 3 aromatic rings. The van der Waals surface area contributed by atoms with Crippen LogP contribution in [0.2, 0.25) is 0 Å². The topological polar surface area (TPSA) is 63.1 Å². The van der Waals surface area contributed by atoms with E-state index >= 15 is 0 Å². The molecule has 2 atom stereocenters. The molecule has 1 aromatic carbocycles. The van der Waals surface area contributed by atoms with E-state index < -0.39 is 0 Å². The standard InChI is InChI=1S/C20H23N5O/c1-24-13-23-17-8-14(5-6-18(17)24)10-22-12-16-9-19(26)25(2)20(16)15-4-3-7-21-11-15/h3-8,11,13,16,20,22H,9-10,12H2,1-2H3/t16-,20-/m0/s1. The van der Waals surface area contributed by atoms with E-state index in [0.29, 0.717) is 6.42 Å². The lowest BCUT2D eigenvalue weighted by Crippen LogP contribution is -2.29. The number of pyridine rings is 1. The molecule has 1 aliphatic rings. The largest absolute Gasteiger partial charge is 0.338 e. The van der Waals surface area contributed by atoms with Crippen LogP contribution in [0.4, 0.5) is 0 Å². The molecule has 0 unspecified atom stereocenters. The lowest BCUT2D eigenvalue weighted by molar-refractivity contribution is -0.127. The SMILES string of the molecule is CN1C(=O)C[C@@H](CNCc2ccc3c(c2)ncn3C)[C@@H]1c1cccnc1. The molecule has 1 fully saturated rings. The molecule has 4 rings (SSSR count). The van der Waals surface area contributed by atoms with Gasteiger partial charge in [0, 0.05) is 51.9 Å². The monoisotopic (exact) mass is 349 g/mol. The molecule has 6 heteroatoms. The quantitative estimate of drug-likeness (QED) is 0.768. The fraction of sp³-hybridized carbons (Fsp3) is 0.350. The number of carbonyl (C=O) groups is 1. The Balaban J connectivity index is 1.43. The minimum Gasteiger partial charge on any atom is -0.338 e. The van der Waals surface area contributed by atoms with Gasteiger partial charge in [-0.25, -0.2) is 4.98 Å². The van der Waals surface area contributed by atoms with Crippen molar-refractivity contribution in [3.63, 3.8) is 0 Å². The minimum absolute atomic E-state index is 0.0852. The van der Waals surface area contributed by atoms with E-state index in [2.05, 4.69) is 39.6 Å². The average molecular weight is 349 g/mol. The maximum absolute atomic E-state index is 12.2. The number of likely N-dealkylation sites (tertiary alicyclic amines) is 1. The molecule has 0 saturated carbocycles. The van der Waals surface area contributed by atoms with Gasteiger partial charge in [0.05, 0.1) is 23.4 Å². The number of fused-ring (bicyclic) bond motifs is 1. The highest BCUT2D eigenvalue weighted by Crippen LogP contribution is 2.36. The highest BCUT2D eigenvalue weighted by Gasteiger charge is 2.38. The number of nitrogens with one attached hydrogen (secondary N) is 1. The highest BCUT2D eigenvalue weighted by molar-refractivity contribution is 5.79. The van der Waals surface area contributed by atoms with Gasteiger partial charge in [0.1, 0.15) is 0 Å². The molecule has 1 N–H and O–H groups in total. The van der Waals surface area contributed by atoms with E-state index in [4.69, 9.17) is 0 Å². The van der Waals surface area contributed by atoms with Gasteiger partial charge in [-0.1, -0.05) is 12.1 Å². The van der Waals surface area contributed by atoms with Crippen molar-refractivity contribution in [1.82, 2.24) is 24.8 Å². The second-order valence-electron chi connectivity index (χ2n) is 7.01. The molecule has 0 aliphatic carbocycles. The molecular formula is C20H23N5O. The first-order chi connectivity index (χ1) is 12.6. The molecular weight excluding hydrogens is 326 g/mol. The number of hydrogen-bond acceptors (Lipinski definition) is 4. The van der Waals surface area contributed by atoms with Crippen molar-refractivity contribution in [1.29, 1.82) is 0 Å². The Morgan fingerprint density at radius 2 is 2.15 bits per heavy atom. The lowest BCUT2D eigenvalue weighted by atomic mass is 9.94. The van der Waals surface area contributed by atoms with E-state index in [9.17, 15) is 4.79 Å². The summed E-state index contributed by atoms with van der Waals surface area (Å²) < 4.78 is 2.02. The van der Waals surface area contributed by atoms with Crippen LogP contribution < -0.4 is 5.32 Å². The van der Waals surface area contributed by atoms with Crippen molar-refractivity contribution in [3.8, 4) is 0 Å². The molecule has 26 heavy (non-hydrogen) atoms.